The number of anilines is 1. The molecule has 0 aliphatic rings. The molecule has 0 spiro atoms. The Hall–Kier alpha value is -1.95. The van der Waals surface area contributed by atoms with Gasteiger partial charge >= 0.3 is 0 Å². The molecule has 3 N–H and O–H groups in total. The van der Waals surface area contributed by atoms with Gasteiger partial charge in [0.25, 0.3) is 0 Å². The zero-order valence-corrected chi connectivity index (χ0v) is 10.3. The van der Waals surface area contributed by atoms with Crippen molar-refractivity contribution < 1.29 is 9.18 Å². The van der Waals surface area contributed by atoms with Crippen molar-refractivity contribution in [3.63, 3.8) is 0 Å². The largest absolute Gasteiger partial charge is 0.327 e. The monoisotopic (exact) mass is 250 g/mol. The number of carbonyl (C=O) groups is 1. The third-order valence-electron chi connectivity index (χ3n) is 2.62. The number of carbonyl (C=O) groups excluding carboxylic acids is 1. The summed E-state index contributed by atoms with van der Waals surface area (Å²) in [5.41, 5.74) is 6.41. The molecule has 1 amide bonds. The second-order valence-corrected chi connectivity index (χ2v) is 4.33. The molecule has 96 valence electrons. The first-order chi connectivity index (χ1) is 8.49. The normalized spacial score (nSPS) is 12.7. The van der Waals surface area contributed by atoms with E-state index in [2.05, 4.69) is 10.3 Å². The van der Waals surface area contributed by atoms with Gasteiger partial charge in [-0.25, -0.2) is 9.37 Å². The summed E-state index contributed by atoms with van der Waals surface area (Å²) in [5, 5.41) is 2.62. The number of aryl methyl sites for hydroxylation is 1. The van der Waals surface area contributed by atoms with E-state index in [9.17, 15) is 9.18 Å². The van der Waals surface area contributed by atoms with Gasteiger partial charge in [0.2, 0.25) is 11.9 Å². The van der Waals surface area contributed by atoms with Crippen LogP contribution >= 0.6 is 0 Å². The summed E-state index contributed by atoms with van der Waals surface area (Å²) < 4.78 is 15.2. The maximum atomic E-state index is 13.5. The zero-order chi connectivity index (χ0) is 13.3. The van der Waals surface area contributed by atoms with Crippen molar-refractivity contribution in [2.24, 2.45) is 12.8 Å². The molecule has 0 saturated heterocycles. The number of imidazole rings is 1. The first-order valence-electron chi connectivity index (χ1n) is 5.65. The maximum absolute atomic E-state index is 13.5. The summed E-state index contributed by atoms with van der Waals surface area (Å²) in [6, 6.07) is 4.46. The van der Waals surface area contributed by atoms with Gasteiger partial charge in [0, 0.05) is 19.5 Å². The van der Waals surface area contributed by atoms with E-state index in [-0.39, 0.29) is 23.9 Å². The predicted octanol–water partition coefficient (Wildman–Crippen LogP) is 1.39. The van der Waals surface area contributed by atoms with E-state index in [0.717, 1.165) is 0 Å². The van der Waals surface area contributed by atoms with Gasteiger partial charge in [0.05, 0.1) is 5.52 Å². The first kappa shape index (κ1) is 12.5. The minimum atomic E-state index is -0.407. The molecular formula is C12H15FN4O. The van der Waals surface area contributed by atoms with Gasteiger partial charge in [-0.1, -0.05) is 6.07 Å². The Morgan fingerprint density at radius 1 is 1.61 bits per heavy atom. The number of fused-ring (bicyclic) bond motifs is 1. The Labute approximate surface area is 104 Å². The van der Waals surface area contributed by atoms with Gasteiger partial charge in [-0.05, 0) is 19.1 Å². The summed E-state index contributed by atoms with van der Waals surface area (Å²) in [5.74, 6) is -0.319. The fourth-order valence-corrected chi connectivity index (χ4v) is 1.76. The molecule has 6 heteroatoms. The van der Waals surface area contributed by atoms with Crippen LogP contribution in [0.1, 0.15) is 13.3 Å². The Morgan fingerprint density at radius 2 is 2.33 bits per heavy atom. The van der Waals surface area contributed by atoms with Crippen LogP contribution in [0.3, 0.4) is 0 Å². The van der Waals surface area contributed by atoms with Crippen LogP contribution in [0.5, 0.6) is 0 Å². The summed E-state index contributed by atoms with van der Waals surface area (Å²) in [6.45, 7) is 1.74. The highest BCUT2D eigenvalue weighted by Gasteiger charge is 2.13. The number of benzene rings is 1. The highest BCUT2D eigenvalue weighted by atomic mass is 19.1. The minimum Gasteiger partial charge on any atom is -0.327 e. The molecule has 5 nitrogen and oxygen atoms in total. The topological polar surface area (TPSA) is 72.9 Å². The maximum Gasteiger partial charge on any atom is 0.228 e. The number of hydrogen-bond donors (Lipinski definition) is 2. The Bertz CT molecular complexity index is 591. The summed E-state index contributed by atoms with van der Waals surface area (Å²) >= 11 is 0. The van der Waals surface area contributed by atoms with Crippen molar-refractivity contribution in [2.45, 2.75) is 19.4 Å². The van der Waals surface area contributed by atoms with Crippen LogP contribution in [0.4, 0.5) is 10.3 Å². The number of halogens is 1. The van der Waals surface area contributed by atoms with Crippen LogP contribution in [0, 0.1) is 5.82 Å². The molecule has 18 heavy (non-hydrogen) atoms. The smallest absolute Gasteiger partial charge is 0.228 e. The van der Waals surface area contributed by atoms with Crippen molar-refractivity contribution in [1.29, 1.82) is 0 Å². The average molecular weight is 250 g/mol. The fourth-order valence-electron chi connectivity index (χ4n) is 1.76. The van der Waals surface area contributed by atoms with Gasteiger partial charge in [-0.15, -0.1) is 0 Å². The zero-order valence-electron chi connectivity index (χ0n) is 10.3. The molecule has 1 atom stereocenters. The van der Waals surface area contributed by atoms with E-state index in [4.69, 9.17) is 5.73 Å². The predicted molar refractivity (Wildman–Crippen MR) is 67.6 cm³/mol. The molecule has 1 aromatic carbocycles. The molecule has 0 bridgehead atoms. The standard InChI is InChI=1S/C12H15FN4O/c1-7(14)6-10(18)15-12-16-11-8(13)4-3-5-9(11)17(12)2/h3-5,7H,6,14H2,1-2H3,(H,15,16,18). The number of rotatable bonds is 3. The lowest BCUT2D eigenvalue weighted by Gasteiger charge is -2.06. The molecular weight excluding hydrogens is 235 g/mol. The fraction of sp³-hybridized carbons (Fsp3) is 0.333. The quantitative estimate of drug-likeness (QED) is 0.864. The van der Waals surface area contributed by atoms with Crippen LogP contribution in [0.25, 0.3) is 11.0 Å². The minimum absolute atomic E-state index is 0.200. The lowest BCUT2D eigenvalue weighted by atomic mass is 10.2. The molecule has 0 saturated carbocycles. The van der Waals surface area contributed by atoms with Gasteiger partial charge in [0.15, 0.2) is 5.82 Å². The molecule has 1 aromatic heterocycles. The number of para-hydroxylation sites is 1. The van der Waals surface area contributed by atoms with Crippen molar-refractivity contribution in [3.05, 3.63) is 24.0 Å². The first-order valence-corrected chi connectivity index (χ1v) is 5.65. The van der Waals surface area contributed by atoms with Crippen molar-refractivity contribution in [3.8, 4) is 0 Å². The second-order valence-electron chi connectivity index (χ2n) is 4.33. The number of hydrogen-bond acceptors (Lipinski definition) is 3. The summed E-state index contributed by atoms with van der Waals surface area (Å²) in [4.78, 5) is 15.7. The number of nitrogens with one attached hydrogen (secondary N) is 1. The van der Waals surface area contributed by atoms with Crippen LogP contribution in [-0.2, 0) is 11.8 Å². The lowest BCUT2D eigenvalue weighted by molar-refractivity contribution is -0.116. The molecule has 0 aliphatic carbocycles. The Kier molecular flexibility index (Phi) is 3.29. The van der Waals surface area contributed by atoms with Crippen LogP contribution in [0.15, 0.2) is 18.2 Å². The lowest BCUT2D eigenvalue weighted by Crippen LogP contribution is -2.24. The highest BCUT2D eigenvalue weighted by molar-refractivity contribution is 5.91. The van der Waals surface area contributed by atoms with Gasteiger partial charge in [0.1, 0.15) is 5.52 Å². The SMILES string of the molecule is CC(N)CC(=O)Nc1nc2c(F)cccc2n1C. The highest BCUT2D eigenvalue weighted by Crippen LogP contribution is 2.20. The average Bonchev–Trinajstić information content (AvgIpc) is 2.57. The number of amides is 1. The number of nitrogens with two attached hydrogens (primary N) is 1. The molecule has 2 aromatic rings. The molecule has 0 fully saturated rings. The second kappa shape index (κ2) is 4.73. The number of aromatic nitrogens is 2. The van der Waals surface area contributed by atoms with Crippen LogP contribution < -0.4 is 11.1 Å². The van der Waals surface area contributed by atoms with E-state index in [1.54, 1.807) is 30.7 Å². The van der Waals surface area contributed by atoms with Crippen molar-refractivity contribution in [1.82, 2.24) is 9.55 Å². The molecule has 0 aliphatic heterocycles. The van der Waals surface area contributed by atoms with Gasteiger partial charge in [-0.3, -0.25) is 10.1 Å². The van der Waals surface area contributed by atoms with E-state index in [0.29, 0.717) is 11.5 Å². The molecule has 1 heterocycles. The third-order valence-corrected chi connectivity index (χ3v) is 2.62. The van der Waals surface area contributed by atoms with Gasteiger partial charge < -0.3 is 10.3 Å². The number of nitrogens with zero attached hydrogens (tertiary/aromatic N) is 2. The van der Waals surface area contributed by atoms with Crippen LogP contribution in [-0.4, -0.2) is 21.5 Å². The molecule has 0 radical (unpaired) electrons. The molecule has 1 unspecified atom stereocenters. The van der Waals surface area contributed by atoms with Crippen LogP contribution in [0.2, 0.25) is 0 Å². The van der Waals surface area contributed by atoms with Crippen molar-refractivity contribution in [2.75, 3.05) is 5.32 Å². The van der Waals surface area contributed by atoms with E-state index < -0.39 is 5.82 Å². The van der Waals surface area contributed by atoms with E-state index in [1.165, 1.54) is 6.07 Å². The Balaban J connectivity index is 2.32. The summed E-state index contributed by atoms with van der Waals surface area (Å²) in [6.07, 6.45) is 0.200. The molecule has 2 rings (SSSR count). The summed E-state index contributed by atoms with van der Waals surface area (Å²) in [7, 11) is 1.72. The van der Waals surface area contributed by atoms with E-state index in [1.807, 2.05) is 0 Å². The third kappa shape index (κ3) is 2.33. The van der Waals surface area contributed by atoms with Crippen molar-refractivity contribution >= 4 is 22.9 Å². The van der Waals surface area contributed by atoms with Gasteiger partial charge in [-0.2, -0.15) is 0 Å². The Morgan fingerprint density at radius 3 is 2.94 bits per heavy atom. The van der Waals surface area contributed by atoms with E-state index >= 15 is 0 Å².